The van der Waals surface area contributed by atoms with Crippen molar-refractivity contribution in [3.05, 3.63) is 102 Å². The molecule has 1 heterocycles. The molecule has 194 valence electrons. The van der Waals surface area contributed by atoms with Gasteiger partial charge in [-0.15, -0.1) is 0 Å². The van der Waals surface area contributed by atoms with E-state index >= 15 is 0 Å². The first-order valence-corrected chi connectivity index (χ1v) is 14.1. The highest BCUT2D eigenvalue weighted by Gasteiger charge is 2.28. The van der Waals surface area contributed by atoms with Crippen molar-refractivity contribution < 1.29 is 13.2 Å². The van der Waals surface area contributed by atoms with E-state index in [1.807, 2.05) is 63.2 Å². The minimum absolute atomic E-state index is 0.143. The fourth-order valence-corrected chi connectivity index (χ4v) is 6.51. The quantitative estimate of drug-likeness (QED) is 0.261. The van der Waals surface area contributed by atoms with Crippen molar-refractivity contribution in [2.45, 2.75) is 39.1 Å². The summed E-state index contributed by atoms with van der Waals surface area (Å²) in [4.78, 5) is 13.5. The van der Waals surface area contributed by atoms with E-state index in [9.17, 15) is 13.2 Å². The molecule has 38 heavy (non-hydrogen) atoms. The van der Waals surface area contributed by atoms with Crippen LogP contribution in [0.1, 0.15) is 23.6 Å². The van der Waals surface area contributed by atoms with Crippen LogP contribution in [0.2, 0.25) is 0 Å². The molecule has 4 aromatic carbocycles. The summed E-state index contributed by atoms with van der Waals surface area (Å²) in [6, 6.07) is 26.2. The maximum absolute atomic E-state index is 13.8. The number of amides is 1. The first-order valence-electron chi connectivity index (χ1n) is 12.7. The summed E-state index contributed by atoms with van der Waals surface area (Å²) in [6.45, 7) is 8.30. The van der Waals surface area contributed by atoms with Crippen molar-refractivity contribution in [1.82, 2.24) is 4.57 Å². The van der Waals surface area contributed by atoms with Gasteiger partial charge in [-0.05, 0) is 75.7 Å². The predicted molar refractivity (Wildman–Crippen MR) is 155 cm³/mol. The number of carbonyl (C=O) groups is 1. The Labute approximate surface area is 223 Å². The molecular weight excluding hydrogens is 494 g/mol. The van der Waals surface area contributed by atoms with Crippen LogP contribution >= 0.6 is 0 Å². The second-order valence-corrected chi connectivity index (χ2v) is 11.5. The lowest BCUT2D eigenvalue weighted by molar-refractivity contribution is -0.114. The number of aromatic nitrogens is 1. The molecule has 0 aliphatic carbocycles. The van der Waals surface area contributed by atoms with Gasteiger partial charge in [0.25, 0.3) is 10.0 Å². The Hall–Kier alpha value is -4.10. The number of aryl methyl sites for hydroxylation is 4. The van der Waals surface area contributed by atoms with Crippen LogP contribution in [0.25, 0.3) is 21.8 Å². The molecule has 0 unspecified atom stereocenters. The number of carbonyl (C=O) groups excluding carboxylic acids is 1. The molecule has 0 aliphatic rings. The molecule has 1 amide bonds. The highest BCUT2D eigenvalue weighted by molar-refractivity contribution is 7.92. The highest BCUT2D eigenvalue weighted by atomic mass is 32.2. The Balaban J connectivity index is 1.50. The van der Waals surface area contributed by atoms with Gasteiger partial charge in [-0.2, -0.15) is 0 Å². The monoisotopic (exact) mass is 525 g/mol. The van der Waals surface area contributed by atoms with Crippen LogP contribution in [0.3, 0.4) is 0 Å². The summed E-state index contributed by atoms with van der Waals surface area (Å²) in [5.74, 6) is -0.417. The molecule has 0 spiro atoms. The van der Waals surface area contributed by atoms with Gasteiger partial charge in [-0.25, -0.2) is 8.42 Å². The van der Waals surface area contributed by atoms with Crippen molar-refractivity contribution in [3.8, 4) is 0 Å². The van der Waals surface area contributed by atoms with E-state index in [1.54, 1.807) is 30.3 Å². The molecule has 0 aliphatic heterocycles. The summed E-state index contributed by atoms with van der Waals surface area (Å²) in [5.41, 5.74) is 6.08. The molecule has 0 bridgehead atoms. The van der Waals surface area contributed by atoms with Gasteiger partial charge in [0.2, 0.25) is 5.91 Å². The molecule has 6 nitrogen and oxygen atoms in total. The van der Waals surface area contributed by atoms with Gasteiger partial charge in [-0.3, -0.25) is 9.10 Å². The van der Waals surface area contributed by atoms with Crippen LogP contribution in [0, 0.1) is 20.8 Å². The molecule has 7 heteroatoms. The van der Waals surface area contributed by atoms with Gasteiger partial charge < -0.3 is 9.88 Å². The molecule has 5 rings (SSSR count). The number of para-hydroxylation sites is 1. The number of nitrogens with zero attached hydrogens (tertiary/aromatic N) is 2. The van der Waals surface area contributed by atoms with Gasteiger partial charge in [0.15, 0.2) is 0 Å². The molecular formula is C31H31N3O3S. The third kappa shape index (κ3) is 4.65. The molecule has 0 fully saturated rings. The fraction of sp³-hybridized carbons (Fsp3) is 0.194. The number of hydrogen-bond acceptors (Lipinski definition) is 3. The molecule has 5 aromatic rings. The summed E-state index contributed by atoms with van der Waals surface area (Å²) in [7, 11) is -3.99. The minimum Gasteiger partial charge on any atom is -0.341 e. The van der Waals surface area contributed by atoms with E-state index < -0.39 is 15.9 Å². The Morgan fingerprint density at radius 1 is 0.816 bits per heavy atom. The lowest BCUT2D eigenvalue weighted by atomic mass is 10.1. The third-order valence-corrected chi connectivity index (χ3v) is 8.66. The number of nitrogens with one attached hydrogen (secondary N) is 1. The SMILES string of the molecule is CCn1c2ccccc2c2cc(NC(=O)CN(c3ccc(C)cc3C)S(=O)(=O)c3ccc(C)cc3)ccc21. The maximum Gasteiger partial charge on any atom is 0.264 e. The van der Waals surface area contributed by atoms with Crippen molar-refractivity contribution in [3.63, 3.8) is 0 Å². The van der Waals surface area contributed by atoms with Crippen LogP contribution in [0.5, 0.6) is 0 Å². The van der Waals surface area contributed by atoms with Gasteiger partial charge >= 0.3 is 0 Å². The number of hydrogen-bond donors (Lipinski definition) is 1. The minimum atomic E-state index is -3.99. The zero-order chi connectivity index (χ0) is 27.0. The van der Waals surface area contributed by atoms with Crippen molar-refractivity contribution in [2.24, 2.45) is 0 Å². The van der Waals surface area contributed by atoms with E-state index in [1.165, 1.54) is 4.31 Å². The first-order chi connectivity index (χ1) is 18.2. The average molecular weight is 526 g/mol. The van der Waals surface area contributed by atoms with Gasteiger partial charge in [0, 0.05) is 34.0 Å². The topological polar surface area (TPSA) is 71.4 Å². The average Bonchev–Trinajstić information content (AvgIpc) is 3.21. The van der Waals surface area contributed by atoms with Gasteiger partial charge in [-0.1, -0.05) is 53.6 Å². The van der Waals surface area contributed by atoms with Crippen LogP contribution in [0.4, 0.5) is 11.4 Å². The van der Waals surface area contributed by atoms with Crippen LogP contribution in [0.15, 0.2) is 89.8 Å². The normalized spacial score (nSPS) is 11.7. The van der Waals surface area contributed by atoms with Gasteiger partial charge in [0.05, 0.1) is 10.6 Å². The number of anilines is 2. The zero-order valence-electron chi connectivity index (χ0n) is 22.0. The fourth-order valence-electron chi connectivity index (χ4n) is 5.03. The van der Waals surface area contributed by atoms with E-state index in [0.717, 1.165) is 45.0 Å². The van der Waals surface area contributed by atoms with Crippen molar-refractivity contribution in [1.29, 1.82) is 0 Å². The van der Waals surface area contributed by atoms with E-state index in [0.29, 0.717) is 11.4 Å². The second kappa shape index (κ2) is 9.99. The number of rotatable bonds is 7. The van der Waals surface area contributed by atoms with Crippen LogP contribution in [-0.4, -0.2) is 25.4 Å². The van der Waals surface area contributed by atoms with Gasteiger partial charge in [0.1, 0.15) is 6.54 Å². The summed E-state index contributed by atoms with van der Waals surface area (Å²) < 4.78 is 31.0. The maximum atomic E-state index is 13.8. The summed E-state index contributed by atoms with van der Waals surface area (Å²) in [6.07, 6.45) is 0. The highest BCUT2D eigenvalue weighted by Crippen LogP contribution is 2.32. The number of sulfonamides is 1. The first kappa shape index (κ1) is 25.5. The Bertz CT molecular complexity index is 1770. The van der Waals surface area contributed by atoms with Crippen molar-refractivity contribution >= 4 is 49.1 Å². The Morgan fingerprint density at radius 2 is 1.50 bits per heavy atom. The van der Waals surface area contributed by atoms with E-state index in [4.69, 9.17) is 0 Å². The van der Waals surface area contributed by atoms with Crippen LogP contribution < -0.4 is 9.62 Å². The standard InChI is InChI=1S/C31H31N3O3S/c1-5-33-29-9-7-6-8-26(29)27-19-24(13-17-30(27)33)32-31(35)20-34(28-16-12-22(3)18-23(28)4)38(36,37)25-14-10-21(2)11-15-25/h6-19H,5,20H2,1-4H3,(H,32,35). The van der Waals surface area contributed by atoms with E-state index in [2.05, 4.69) is 28.9 Å². The predicted octanol–water partition coefficient (Wildman–Crippen LogP) is 6.57. The molecule has 1 aromatic heterocycles. The molecule has 1 N–H and O–H groups in total. The summed E-state index contributed by atoms with van der Waals surface area (Å²) >= 11 is 0. The largest absolute Gasteiger partial charge is 0.341 e. The second-order valence-electron chi connectivity index (χ2n) is 9.66. The molecule has 0 saturated carbocycles. The van der Waals surface area contributed by atoms with E-state index in [-0.39, 0.29) is 11.4 Å². The zero-order valence-corrected chi connectivity index (χ0v) is 22.8. The number of benzene rings is 4. The molecule has 0 radical (unpaired) electrons. The summed E-state index contributed by atoms with van der Waals surface area (Å²) in [5, 5.41) is 5.09. The smallest absolute Gasteiger partial charge is 0.264 e. The third-order valence-electron chi connectivity index (χ3n) is 6.89. The molecule has 0 saturated heterocycles. The lowest BCUT2D eigenvalue weighted by Crippen LogP contribution is -2.38. The lowest BCUT2D eigenvalue weighted by Gasteiger charge is -2.26. The molecule has 0 atom stereocenters. The number of fused-ring (bicyclic) bond motifs is 3. The Kier molecular flexibility index (Phi) is 6.71. The van der Waals surface area contributed by atoms with Crippen molar-refractivity contribution in [2.75, 3.05) is 16.2 Å². The Morgan fingerprint density at radius 3 is 2.21 bits per heavy atom. The van der Waals surface area contributed by atoms with Crippen LogP contribution in [-0.2, 0) is 21.4 Å².